The summed E-state index contributed by atoms with van der Waals surface area (Å²) in [7, 11) is 0. The van der Waals surface area contributed by atoms with Crippen LogP contribution >= 0.6 is 0 Å². The van der Waals surface area contributed by atoms with E-state index in [0.717, 1.165) is 106 Å². The van der Waals surface area contributed by atoms with Crippen LogP contribution in [0.2, 0.25) is 0 Å². The SMILES string of the molecule is C.C#Cc1cnn(CCNc2ncc(C#N)c(N[C@@H]3CC[C@H](O)C(C)(C)C3)n2)c1.C[C@H]1CC[C@@H](Nc2nc(NCCn3cccn3)ncc2C#N)CC1(C)C.Cc1cccnc1CCNc1ncc(C#N)c(N[C@@H]2CC[C@H](O)C(C)(C)C2)n1.Cc1cnn(CCNc2ncc(C#N)c(N[C@@H]3CC[C@H](C)C(C)(C)C3)n2)c1.[HH].[HH].[HH].[HH]. The first-order valence-electron chi connectivity index (χ1n) is 38.0. The Morgan fingerprint density at radius 1 is 0.473 bits per heavy atom. The number of aliphatic hydroxyl groups is 2. The summed E-state index contributed by atoms with van der Waals surface area (Å²) >= 11 is 0. The van der Waals surface area contributed by atoms with Crippen LogP contribution < -0.4 is 42.5 Å². The van der Waals surface area contributed by atoms with Crippen LogP contribution in [0.1, 0.15) is 204 Å². The molecule has 0 bridgehead atoms. The topological polar surface area (TPSA) is 401 Å². The molecule has 0 aromatic carbocycles. The van der Waals surface area contributed by atoms with E-state index in [9.17, 15) is 31.3 Å². The van der Waals surface area contributed by atoms with E-state index in [1.165, 1.54) is 19.0 Å². The largest absolute Gasteiger partial charge is 0.393 e. The molecule has 4 aliphatic rings. The standard InChI is InChI=1S/C21H28N6O.C20H25N7O.C20H29N7.C19H27N7.CH4.4H2/c1-14-5-4-9-23-17(14)8-10-24-20-25-13-15(12-22)19(27-20)26-16-6-7-18(28)21(2,3)11-16;1-4-14-11-24-27(13-14)8-7-22-19-23-12-15(10-21)18(26-19)25-16-5-6-17(28)20(2,3)9-16;1-14-11-24-27(13-14)8-7-22-19-23-12-16(10-21)18(26-19)25-17-6-5-15(2)20(3,4)9-17;1-14-5-6-16(11-19(14,2)3)24-17-15(12-20)13-22-18(25-17)21-8-10-26-9-4-7-23-26;;;;;/h4-5,9,13,16,18,28H,6-8,10-11H2,1-3H3,(H2,24,25,26,27);1,11-13,16-17,28H,5-9H2,2-3H3,(H2,22,23,25,26);11-13,15,17H,5-9H2,1-4H3,(H2,22,23,25,26);4,7,9,13-14,16H,5-6,8,10-11H2,1-3H3,(H2,21,22,24,25);1H4;4*1H/t16-,18+;16-,17+;15-,17+;14-,16+;;;;;/m1100...../s1. The fraction of sp³-hybridized carbons (Fsp3) is 0.556. The zero-order chi connectivity index (χ0) is 78.3. The second kappa shape index (κ2) is 39.3. The van der Waals surface area contributed by atoms with Gasteiger partial charge in [0.05, 0.1) is 74.6 Å². The zero-order valence-corrected chi connectivity index (χ0v) is 65.3. The first-order valence-corrected chi connectivity index (χ1v) is 38.0. The van der Waals surface area contributed by atoms with E-state index in [4.69, 9.17) is 6.42 Å². The van der Waals surface area contributed by atoms with Gasteiger partial charge in [-0.2, -0.15) is 56.3 Å². The molecule has 0 saturated heterocycles. The molecule has 110 heavy (non-hydrogen) atoms. The van der Waals surface area contributed by atoms with Crippen molar-refractivity contribution in [2.45, 2.75) is 230 Å². The van der Waals surface area contributed by atoms with Crippen LogP contribution in [0.25, 0.3) is 0 Å². The molecule has 0 aliphatic heterocycles. The predicted octanol–water partition coefficient (Wildman–Crippen LogP) is 13.5. The summed E-state index contributed by atoms with van der Waals surface area (Å²) in [6.45, 7) is 30.9. The van der Waals surface area contributed by atoms with Gasteiger partial charge in [-0.25, -0.2) is 19.9 Å². The monoisotopic (exact) mass is 1500 g/mol. The van der Waals surface area contributed by atoms with Crippen molar-refractivity contribution in [3.63, 3.8) is 0 Å². The van der Waals surface area contributed by atoms with E-state index in [1.807, 2.05) is 60.0 Å². The van der Waals surface area contributed by atoms with Gasteiger partial charge < -0.3 is 52.7 Å². The quantitative estimate of drug-likeness (QED) is 0.0251. The Morgan fingerprint density at radius 3 is 1.20 bits per heavy atom. The van der Waals surface area contributed by atoms with Crippen molar-refractivity contribution in [3.8, 4) is 36.6 Å². The van der Waals surface area contributed by atoms with E-state index in [2.05, 4.69) is 202 Å². The number of hydrogen-bond acceptors (Lipinski definition) is 26. The van der Waals surface area contributed by atoms with Crippen LogP contribution in [0.15, 0.2) is 86.4 Å². The molecule has 0 spiro atoms. The summed E-state index contributed by atoms with van der Waals surface area (Å²) < 4.78 is 5.48. The average molecular weight is 1510 g/mol. The van der Waals surface area contributed by atoms with E-state index >= 15 is 0 Å². The van der Waals surface area contributed by atoms with Crippen molar-refractivity contribution in [3.05, 3.63) is 131 Å². The number of nitrogens with one attached hydrogen (secondary N) is 8. The molecule has 8 aromatic rings. The minimum Gasteiger partial charge on any atom is -0.393 e. The molecule has 8 atom stereocenters. The second-order valence-corrected chi connectivity index (χ2v) is 32.0. The fourth-order valence-electron chi connectivity index (χ4n) is 14.2. The Kier molecular flexibility index (Phi) is 30.2. The van der Waals surface area contributed by atoms with Gasteiger partial charge in [0, 0.05) is 99.2 Å². The number of aromatic nitrogens is 15. The van der Waals surface area contributed by atoms with Gasteiger partial charge in [0.2, 0.25) is 23.8 Å². The maximum Gasteiger partial charge on any atom is 0.224 e. The number of terminal acetylenes is 1. The molecule has 0 unspecified atom stereocenters. The summed E-state index contributed by atoms with van der Waals surface area (Å²) in [5.74, 6) is 8.27. The minimum absolute atomic E-state index is 0. The van der Waals surface area contributed by atoms with Gasteiger partial charge in [0.1, 0.15) is 69.8 Å². The fourth-order valence-corrected chi connectivity index (χ4v) is 14.2. The van der Waals surface area contributed by atoms with E-state index < -0.39 is 0 Å². The number of nitriles is 4. The Hall–Kier alpha value is -11.1. The Bertz CT molecular complexity index is 4500. The summed E-state index contributed by atoms with van der Waals surface area (Å²) in [5, 5.41) is 97.0. The highest BCUT2D eigenvalue weighted by Crippen LogP contribution is 2.43. The molecule has 12 rings (SSSR count). The van der Waals surface area contributed by atoms with Gasteiger partial charge >= 0.3 is 0 Å². The number of pyridine rings is 1. The van der Waals surface area contributed by atoms with Crippen molar-refractivity contribution in [2.75, 3.05) is 68.7 Å². The van der Waals surface area contributed by atoms with Crippen LogP contribution in [0, 0.1) is 105 Å². The van der Waals surface area contributed by atoms with E-state index in [0.29, 0.717) is 137 Å². The lowest BCUT2D eigenvalue weighted by Crippen LogP contribution is -2.41. The van der Waals surface area contributed by atoms with Crippen molar-refractivity contribution in [2.24, 2.45) is 33.5 Å². The van der Waals surface area contributed by atoms with Crippen LogP contribution in [0.3, 0.4) is 0 Å². The number of nitrogens with zero attached hydrogens (tertiary/aromatic N) is 19. The van der Waals surface area contributed by atoms with Gasteiger partial charge in [-0.1, -0.05) is 88.7 Å². The van der Waals surface area contributed by atoms with Gasteiger partial charge in [-0.15, -0.1) is 6.42 Å². The maximum absolute atomic E-state index is 10.2. The van der Waals surface area contributed by atoms with Gasteiger partial charge in [0.25, 0.3) is 0 Å². The van der Waals surface area contributed by atoms with Gasteiger partial charge in [0.15, 0.2) is 0 Å². The van der Waals surface area contributed by atoms with E-state index in [-0.39, 0.29) is 48.3 Å². The number of hydrogen-bond donors (Lipinski definition) is 10. The van der Waals surface area contributed by atoms with Gasteiger partial charge in [-0.3, -0.25) is 19.0 Å². The number of rotatable bonds is 24. The zero-order valence-electron chi connectivity index (χ0n) is 65.3. The molecule has 592 valence electrons. The minimum atomic E-state index is -0.305. The van der Waals surface area contributed by atoms with Crippen LogP contribution in [-0.2, 0) is 26.1 Å². The van der Waals surface area contributed by atoms with Crippen LogP contribution in [-0.4, -0.2) is 147 Å². The summed E-state index contributed by atoms with van der Waals surface area (Å²) in [6, 6.07) is 15.5. The average Bonchev–Trinajstić information content (AvgIpc) is 0.967. The molecule has 10 N–H and O–H groups in total. The molecule has 4 fully saturated rings. The Morgan fingerprint density at radius 2 is 0.855 bits per heavy atom. The van der Waals surface area contributed by atoms with Crippen molar-refractivity contribution in [1.29, 1.82) is 21.0 Å². The third-order valence-corrected chi connectivity index (χ3v) is 21.8. The lowest BCUT2D eigenvalue weighted by Gasteiger charge is -2.41. The van der Waals surface area contributed by atoms with Crippen molar-refractivity contribution < 1.29 is 15.9 Å². The highest BCUT2D eigenvalue weighted by Gasteiger charge is 2.39. The smallest absolute Gasteiger partial charge is 0.224 e. The highest BCUT2D eigenvalue weighted by molar-refractivity contribution is 5.57. The molecular weight excluding hydrogens is 1380 g/mol. The molecular formula is C81H121N27O2. The highest BCUT2D eigenvalue weighted by atomic mass is 16.3. The Labute approximate surface area is 655 Å². The predicted molar refractivity (Wildman–Crippen MR) is 439 cm³/mol. The molecule has 0 amide bonds. The first kappa shape index (κ1) is 84.6. The maximum atomic E-state index is 10.2. The van der Waals surface area contributed by atoms with Crippen molar-refractivity contribution >= 4 is 47.1 Å². The summed E-state index contributed by atoms with van der Waals surface area (Å²) in [4.78, 5) is 39.5. The first-order chi connectivity index (χ1) is 52.1. The molecule has 0 radical (unpaired) electrons. The third-order valence-electron chi connectivity index (χ3n) is 21.8. The number of anilines is 8. The number of aliphatic hydroxyl groups excluding tert-OH is 2. The van der Waals surface area contributed by atoms with Crippen LogP contribution in [0.5, 0.6) is 0 Å². The number of aryl methyl sites for hydroxylation is 2. The molecule has 4 aliphatic carbocycles. The molecule has 8 aromatic heterocycles. The molecule has 4 saturated carbocycles. The molecule has 29 nitrogen and oxygen atoms in total. The molecule has 8 heterocycles. The second-order valence-electron chi connectivity index (χ2n) is 32.0. The van der Waals surface area contributed by atoms with Crippen LogP contribution in [0.4, 0.5) is 47.1 Å². The lowest BCUT2D eigenvalue weighted by atomic mass is 9.68. The summed E-state index contributed by atoms with van der Waals surface area (Å²) in [6.07, 6.45) is 36.0. The molecule has 29 heteroatoms. The summed E-state index contributed by atoms with van der Waals surface area (Å²) in [5.41, 5.74) is 6.14. The Balaban J connectivity index is 0.000000316. The van der Waals surface area contributed by atoms with E-state index in [1.54, 1.807) is 48.1 Å². The third kappa shape index (κ3) is 24.5. The lowest BCUT2D eigenvalue weighted by molar-refractivity contribution is 0.00924. The normalized spacial score (nSPS) is 21.0. The van der Waals surface area contributed by atoms with Gasteiger partial charge in [-0.05, 0) is 148 Å². The van der Waals surface area contributed by atoms with Crippen molar-refractivity contribution in [1.82, 2.24) is 74.2 Å².